The van der Waals surface area contributed by atoms with Crippen LogP contribution in [-0.4, -0.2) is 21.7 Å². The Bertz CT molecular complexity index is 975. The van der Waals surface area contributed by atoms with Gasteiger partial charge in [-0.3, -0.25) is 9.48 Å². The molecule has 1 N–H and O–H groups in total. The number of nitrogens with zero attached hydrogens (tertiary/aromatic N) is 2. The lowest BCUT2D eigenvalue weighted by Crippen LogP contribution is -2.19. The summed E-state index contributed by atoms with van der Waals surface area (Å²) in [5, 5.41) is 7.86. The molecule has 1 aliphatic rings. The van der Waals surface area contributed by atoms with Gasteiger partial charge in [-0.05, 0) is 24.1 Å². The lowest BCUT2D eigenvalue weighted by molar-refractivity contribution is -0.116. The molecule has 0 atom stereocenters. The summed E-state index contributed by atoms with van der Waals surface area (Å²) >= 11 is 0. The van der Waals surface area contributed by atoms with Crippen molar-refractivity contribution in [3.63, 3.8) is 0 Å². The van der Waals surface area contributed by atoms with E-state index < -0.39 is 5.97 Å². The summed E-state index contributed by atoms with van der Waals surface area (Å²) in [5.74, 6) is -0.108. The molecule has 0 unspecified atom stereocenters. The Kier molecular flexibility index (Phi) is 3.30. The van der Waals surface area contributed by atoms with E-state index in [-0.39, 0.29) is 5.91 Å². The molecule has 0 fully saturated rings. The third-order valence-corrected chi connectivity index (χ3v) is 4.12. The summed E-state index contributed by atoms with van der Waals surface area (Å²) in [6, 6.07) is 12.7. The SMILES string of the molecule is Cn1nc2ccccc2c1C(=O)Oc1ccc2c(c1)NC(=O)CC2. The van der Waals surface area contributed by atoms with E-state index in [4.69, 9.17) is 4.74 Å². The van der Waals surface area contributed by atoms with Gasteiger partial charge >= 0.3 is 5.97 Å². The van der Waals surface area contributed by atoms with Crippen LogP contribution in [0.1, 0.15) is 22.5 Å². The minimum absolute atomic E-state index is 0.0244. The molecule has 1 aliphatic heterocycles. The van der Waals surface area contributed by atoms with E-state index in [0.717, 1.165) is 16.5 Å². The molecule has 24 heavy (non-hydrogen) atoms. The van der Waals surface area contributed by atoms with E-state index in [1.54, 1.807) is 19.2 Å². The van der Waals surface area contributed by atoms with Gasteiger partial charge in [0.2, 0.25) is 5.91 Å². The van der Waals surface area contributed by atoms with Crippen LogP contribution in [0.25, 0.3) is 10.9 Å². The van der Waals surface area contributed by atoms with E-state index in [2.05, 4.69) is 10.4 Å². The number of anilines is 1. The smallest absolute Gasteiger partial charge is 0.362 e. The predicted octanol–water partition coefficient (Wildman–Crippen LogP) is 2.68. The summed E-state index contributed by atoms with van der Waals surface area (Å²) in [5.41, 5.74) is 2.88. The van der Waals surface area contributed by atoms with Gasteiger partial charge < -0.3 is 10.1 Å². The second kappa shape index (κ2) is 5.49. The van der Waals surface area contributed by atoms with Gasteiger partial charge in [0.05, 0.1) is 5.52 Å². The van der Waals surface area contributed by atoms with Crippen molar-refractivity contribution in [2.24, 2.45) is 7.05 Å². The lowest BCUT2D eigenvalue weighted by atomic mass is 10.0. The molecular formula is C18H15N3O3. The topological polar surface area (TPSA) is 73.2 Å². The van der Waals surface area contributed by atoms with Crippen LogP contribution in [0.2, 0.25) is 0 Å². The summed E-state index contributed by atoms with van der Waals surface area (Å²) in [6.45, 7) is 0. The molecule has 3 aromatic rings. The third-order valence-electron chi connectivity index (χ3n) is 4.12. The van der Waals surface area contributed by atoms with Crippen molar-refractivity contribution in [1.82, 2.24) is 9.78 Å². The number of fused-ring (bicyclic) bond motifs is 2. The van der Waals surface area contributed by atoms with Crippen LogP contribution >= 0.6 is 0 Å². The number of carbonyl (C=O) groups is 2. The highest BCUT2D eigenvalue weighted by atomic mass is 16.5. The van der Waals surface area contributed by atoms with Crippen LogP contribution in [0.4, 0.5) is 5.69 Å². The molecule has 6 heteroatoms. The second-order valence-corrected chi connectivity index (χ2v) is 5.75. The van der Waals surface area contributed by atoms with Gasteiger partial charge in [0.1, 0.15) is 5.75 Å². The van der Waals surface area contributed by atoms with E-state index in [1.807, 2.05) is 30.3 Å². The Balaban J connectivity index is 1.65. The van der Waals surface area contributed by atoms with E-state index in [1.165, 1.54) is 4.68 Å². The zero-order chi connectivity index (χ0) is 16.7. The number of ether oxygens (including phenoxy) is 1. The van der Waals surface area contributed by atoms with Crippen molar-refractivity contribution in [2.75, 3.05) is 5.32 Å². The Labute approximate surface area is 138 Å². The van der Waals surface area contributed by atoms with Gasteiger partial charge in [0.15, 0.2) is 5.69 Å². The predicted molar refractivity (Wildman–Crippen MR) is 89.1 cm³/mol. The zero-order valence-electron chi connectivity index (χ0n) is 13.1. The summed E-state index contributed by atoms with van der Waals surface area (Å²) in [4.78, 5) is 24.1. The van der Waals surface area contributed by atoms with Crippen molar-refractivity contribution in [3.05, 3.63) is 53.7 Å². The highest BCUT2D eigenvalue weighted by molar-refractivity contribution is 6.03. The second-order valence-electron chi connectivity index (χ2n) is 5.75. The number of hydrogen-bond acceptors (Lipinski definition) is 4. The van der Waals surface area contributed by atoms with Crippen molar-refractivity contribution in [3.8, 4) is 5.75 Å². The molecule has 0 aliphatic carbocycles. The normalized spacial score (nSPS) is 13.5. The molecule has 1 aromatic heterocycles. The molecule has 4 rings (SSSR count). The first-order valence-electron chi connectivity index (χ1n) is 7.68. The number of amides is 1. The average molecular weight is 321 g/mol. The highest BCUT2D eigenvalue weighted by Crippen LogP contribution is 2.28. The quantitative estimate of drug-likeness (QED) is 0.582. The number of carbonyl (C=O) groups excluding carboxylic acids is 2. The monoisotopic (exact) mass is 321 g/mol. The highest BCUT2D eigenvalue weighted by Gasteiger charge is 2.20. The van der Waals surface area contributed by atoms with Gasteiger partial charge in [-0.1, -0.05) is 24.3 Å². The molecular weight excluding hydrogens is 306 g/mol. The first-order chi connectivity index (χ1) is 11.6. The van der Waals surface area contributed by atoms with Gasteiger partial charge in [-0.25, -0.2) is 4.79 Å². The molecule has 0 saturated carbocycles. The molecule has 120 valence electrons. The fourth-order valence-corrected chi connectivity index (χ4v) is 2.96. The maximum atomic E-state index is 12.6. The molecule has 1 amide bonds. The molecule has 2 heterocycles. The van der Waals surface area contributed by atoms with Gasteiger partial charge in [-0.2, -0.15) is 5.10 Å². The maximum absolute atomic E-state index is 12.6. The first-order valence-corrected chi connectivity index (χ1v) is 7.68. The van der Waals surface area contributed by atoms with E-state index in [0.29, 0.717) is 30.0 Å². The molecule has 2 aromatic carbocycles. The van der Waals surface area contributed by atoms with Gasteiger partial charge in [-0.15, -0.1) is 0 Å². The van der Waals surface area contributed by atoms with E-state index >= 15 is 0 Å². The van der Waals surface area contributed by atoms with Crippen LogP contribution < -0.4 is 10.1 Å². The summed E-state index contributed by atoms with van der Waals surface area (Å²) in [6.07, 6.45) is 1.18. The van der Waals surface area contributed by atoms with Crippen LogP contribution in [0, 0.1) is 0 Å². The van der Waals surface area contributed by atoms with Gasteiger partial charge in [0.25, 0.3) is 0 Å². The summed E-state index contributed by atoms with van der Waals surface area (Å²) < 4.78 is 7.02. The molecule has 0 bridgehead atoms. The number of benzene rings is 2. The minimum Gasteiger partial charge on any atom is -0.422 e. The summed E-state index contributed by atoms with van der Waals surface area (Å²) in [7, 11) is 1.71. The standard InChI is InChI=1S/C18H15N3O3/c1-21-17(13-4-2-3-5-14(13)20-21)18(23)24-12-8-6-11-7-9-16(22)19-15(11)10-12/h2-6,8,10H,7,9H2,1H3,(H,19,22). The number of nitrogens with one attached hydrogen (secondary N) is 1. The van der Waals surface area contributed by atoms with Gasteiger partial charge in [0, 0.05) is 30.6 Å². The zero-order valence-corrected chi connectivity index (χ0v) is 13.1. The van der Waals surface area contributed by atoms with Crippen LogP contribution in [-0.2, 0) is 18.3 Å². The van der Waals surface area contributed by atoms with Crippen LogP contribution in [0.15, 0.2) is 42.5 Å². The number of aromatic nitrogens is 2. The number of rotatable bonds is 2. The first kappa shape index (κ1) is 14.4. The largest absolute Gasteiger partial charge is 0.422 e. The Morgan fingerprint density at radius 1 is 1.21 bits per heavy atom. The third kappa shape index (κ3) is 2.42. The van der Waals surface area contributed by atoms with Crippen molar-refractivity contribution >= 4 is 28.5 Å². The molecule has 0 saturated heterocycles. The Morgan fingerprint density at radius 3 is 2.92 bits per heavy atom. The minimum atomic E-state index is -0.478. The van der Waals surface area contributed by atoms with E-state index in [9.17, 15) is 9.59 Å². The fraction of sp³-hybridized carbons (Fsp3) is 0.167. The molecule has 0 spiro atoms. The number of esters is 1. The Morgan fingerprint density at radius 2 is 2.04 bits per heavy atom. The van der Waals surface area contributed by atoms with Crippen molar-refractivity contribution in [1.29, 1.82) is 0 Å². The molecule has 6 nitrogen and oxygen atoms in total. The number of hydrogen-bond donors (Lipinski definition) is 1. The number of aryl methyl sites for hydroxylation is 2. The van der Waals surface area contributed by atoms with Crippen LogP contribution in [0.3, 0.4) is 0 Å². The molecule has 0 radical (unpaired) electrons. The van der Waals surface area contributed by atoms with Crippen LogP contribution in [0.5, 0.6) is 5.75 Å². The van der Waals surface area contributed by atoms with Crippen molar-refractivity contribution in [2.45, 2.75) is 12.8 Å². The van der Waals surface area contributed by atoms with Crippen molar-refractivity contribution < 1.29 is 14.3 Å². The maximum Gasteiger partial charge on any atom is 0.362 e. The Hall–Kier alpha value is -3.15. The lowest BCUT2D eigenvalue weighted by Gasteiger charge is -2.17. The fourth-order valence-electron chi connectivity index (χ4n) is 2.96. The average Bonchev–Trinajstić information content (AvgIpc) is 2.90.